The molecule has 0 aromatic heterocycles. The molecule has 0 spiro atoms. The topological polar surface area (TPSA) is 40.5 Å². The zero-order chi connectivity index (χ0) is 13.0. The lowest BCUT2D eigenvalue weighted by atomic mass is 9.79. The Balaban J connectivity index is 1.73. The number of likely N-dealkylation sites (tertiary alicyclic amines) is 1. The normalized spacial score (nSPS) is 32.8. The van der Waals surface area contributed by atoms with E-state index >= 15 is 0 Å². The highest BCUT2D eigenvalue weighted by Gasteiger charge is 2.32. The molecule has 1 aliphatic heterocycles. The largest absolute Gasteiger partial charge is 0.391 e. The summed E-state index contributed by atoms with van der Waals surface area (Å²) in [5.74, 6) is 1.41. The second-order valence-electron chi connectivity index (χ2n) is 6.09. The molecule has 0 bridgehead atoms. The van der Waals surface area contributed by atoms with Gasteiger partial charge in [0.1, 0.15) is 0 Å². The molecule has 2 aliphatic rings. The van der Waals surface area contributed by atoms with Crippen molar-refractivity contribution in [2.24, 2.45) is 11.8 Å². The van der Waals surface area contributed by atoms with Crippen LogP contribution < -0.4 is 0 Å². The lowest BCUT2D eigenvalue weighted by Gasteiger charge is -2.30. The van der Waals surface area contributed by atoms with E-state index in [1.807, 2.05) is 4.90 Å². The van der Waals surface area contributed by atoms with E-state index in [4.69, 9.17) is 0 Å². The molecular weight excluding hydrogens is 226 g/mol. The number of rotatable bonds is 4. The van der Waals surface area contributed by atoms with Crippen molar-refractivity contribution in [1.82, 2.24) is 4.90 Å². The fourth-order valence-electron chi connectivity index (χ4n) is 3.39. The molecule has 1 saturated heterocycles. The summed E-state index contributed by atoms with van der Waals surface area (Å²) in [6, 6.07) is 0. The summed E-state index contributed by atoms with van der Waals surface area (Å²) in [5, 5.41) is 9.49. The molecule has 1 amide bonds. The number of nitrogens with zero attached hydrogens (tertiary/aromatic N) is 1. The van der Waals surface area contributed by atoms with Gasteiger partial charge in [-0.2, -0.15) is 0 Å². The predicted molar refractivity (Wildman–Crippen MR) is 72.2 cm³/mol. The average molecular weight is 253 g/mol. The Hall–Kier alpha value is -0.570. The Morgan fingerprint density at radius 2 is 1.94 bits per heavy atom. The van der Waals surface area contributed by atoms with Crippen LogP contribution in [-0.2, 0) is 4.79 Å². The van der Waals surface area contributed by atoms with Crippen molar-refractivity contribution in [2.75, 3.05) is 13.1 Å². The van der Waals surface area contributed by atoms with Gasteiger partial charge in [0.15, 0.2) is 0 Å². The minimum atomic E-state index is -0.283. The van der Waals surface area contributed by atoms with Gasteiger partial charge >= 0.3 is 0 Å². The van der Waals surface area contributed by atoms with Crippen LogP contribution in [0.1, 0.15) is 58.3 Å². The van der Waals surface area contributed by atoms with Gasteiger partial charge in [0.05, 0.1) is 6.10 Å². The quantitative estimate of drug-likeness (QED) is 0.836. The number of carbonyl (C=O) groups excluding carboxylic acids is 1. The highest BCUT2D eigenvalue weighted by atomic mass is 16.3. The third kappa shape index (κ3) is 3.47. The Morgan fingerprint density at radius 1 is 1.22 bits per heavy atom. The number of β-amino-alcohol motifs (C(OH)–C–C–N with tert-alkyl or cyclic N) is 1. The molecule has 0 unspecified atom stereocenters. The SMILES string of the molecule is CCCCC1CCC(C(=O)N2CC[C@@H](O)C2)CC1. The van der Waals surface area contributed by atoms with Crippen LogP contribution in [0, 0.1) is 11.8 Å². The highest BCUT2D eigenvalue weighted by Crippen LogP contribution is 2.33. The van der Waals surface area contributed by atoms with Gasteiger partial charge < -0.3 is 10.0 Å². The Morgan fingerprint density at radius 3 is 2.50 bits per heavy atom. The molecule has 1 saturated carbocycles. The molecule has 2 rings (SSSR count). The summed E-state index contributed by atoms with van der Waals surface area (Å²) < 4.78 is 0. The van der Waals surface area contributed by atoms with Gasteiger partial charge in [0.25, 0.3) is 0 Å². The fourth-order valence-corrected chi connectivity index (χ4v) is 3.39. The average Bonchev–Trinajstić information content (AvgIpc) is 2.83. The maximum Gasteiger partial charge on any atom is 0.225 e. The number of hydrogen-bond donors (Lipinski definition) is 1. The van der Waals surface area contributed by atoms with Gasteiger partial charge in [-0.1, -0.05) is 26.2 Å². The van der Waals surface area contributed by atoms with Gasteiger partial charge in [0, 0.05) is 19.0 Å². The first kappa shape index (κ1) is 13.9. The highest BCUT2D eigenvalue weighted by molar-refractivity contribution is 5.79. The summed E-state index contributed by atoms with van der Waals surface area (Å²) in [5.41, 5.74) is 0. The minimum Gasteiger partial charge on any atom is -0.391 e. The maximum absolute atomic E-state index is 12.3. The molecular formula is C15H27NO2. The standard InChI is InChI=1S/C15H27NO2/c1-2-3-4-12-5-7-13(8-6-12)15(18)16-10-9-14(17)11-16/h12-14,17H,2-11H2,1H3/t12?,13?,14-/m1/s1. The van der Waals surface area contributed by atoms with Crippen molar-refractivity contribution in [3.8, 4) is 0 Å². The molecule has 0 aromatic rings. The van der Waals surface area contributed by atoms with E-state index in [0.29, 0.717) is 12.5 Å². The summed E-state index contributed by atoms with van der Waals surface area (Å²) >= 11 is 0. The zero-order valence-electron chi connectivity index (χ0n) is 11.6. The van der Waals surface area contributed by atoms with E-state index in [-0.39, 0.29) is 12.0 Å². The maximum atomic E-state index is 12.3. The first-order valence-electron chi connectivity index (χ1n) is 7.67. The molecule has 3 nitrogen and oxygen atoms in total. The first-order chi connectivity index (χ1) is 8.70. The van der Waals surface area contributed by atoms with Crippen molar-refractivity contribution in [3.05, 3.63) is 0 Å². The monoisotopic (exact) mass is 253 g/mol. The van der Waals surface area contributed by atoms with Crippen LogP contribution in [0.2, 0.25) is 0 Å². The fraction of sp³-hybridized carbons (Fsp3) is 0.933. The lowest BCUT2D eigenvalue weighted by Crippen LogP contribution is -2.36. The molecule has 0 radical (unpaired) electrons. The number of aliphatic hydroxyl groups excluding tert-OH is 1. The third-order valence-corrected chi connectivity index (χ3v) is 4.64. The van der Waals surface area contributed by atoms with Crippen LogP contribution in [0.15, 0.2) is 0 Å². The first-order valence-corrected chi connectivity index (χ1v) is 7.67. The van der Waals surface area contributed by atoms with Crippen molar-refractivity contribution in [2.45, 2.75) is 64.4 Å². The lowest BCUT2D eigenvalue weighted by molar-refractivity contribution is -0.136. The van der Waals surface area contributed by atoms with Crippen LogP contribution >= 0.6 is 0 Å². The van der Waals surface area contributed by atoms with E-state index < -0.39 is 0 Å². The van der Waals surface area contributed by atoms with Crippen LogP contribution in [0.5, 0.6) is 0 Å². The van der Waals surface area contributed by atoms with E-state index in [1.54, 1.807) is 0 Å². The molecule has 3 heteroatoms. The van der Waals surface area contributed by atoms with Crippen LogP contribution in [0.25, 0.3) is 0 Å². The minimum absolute atomic E-state index is 0.244. The van der Waals surface area contributed by atoms with E-state index in [9.17, 15) is 9.90 Å². The molecule has 1 atom stereocenters. The molecule has 1 heterocycles. The molecule has 1 N–H and O–H groups in total. The van der Waals surface area contributed by atoms with Crippen LogP contribution in [0.4, 0.5) is 0 Å². The second kappa shape index (κ2) is 6.55. The van der Waals surface area contributed by atoms with Gasteiger partial charge in [-0.15, -0.1) is 0 Å². The summed E-state index contributed by atoms with van der Waals surface area (Å²) in [7, 11) is 0. The van der Waals surface area contributed by atoms with Crippen molar-refractivity contribution in [1.29, 1.82) is 0 Å². The van der Waals surface area contributed by atoms with Gasteiger partial charge in [-0.05, 0) is 38.0 Å². The van der Waals surface area contributed by atoms with E-state index in [1.165, 1.54) is 32.1 Å². The Kier molecular flexibility index (Phi) is 5.04. The zero-order valence-corrected chi connectivity index (χ0v) is 11.6. The van der Waals surface area contributed by atoms with E-state index in [0.717, 1.165) is 31.7 Å². The number of hydrogen-bond acceptors (Lipinski definition) is 2. The molecule has 2 fully saturated rings. The predicted octanol–water partition coefficient (Wildman–Crippen LogP) is 2.58. The van der Waals surface area contributed by atoms with Crippen LogP contribution in [-0.4, -0.2) is 35.1 Å². The van der Waals surface area contributed by atoms with Crippen molar-refractivity contribution < 1.29 is 9.90 Å². The third-order valence-electron chi connectivity index (χ3n) is 4.64. The molecule has 1 aliphatic carbocycles. The summed E-state index contributed by atoms with van der Waals surface area (Å²) in [4.78, 5) is 14.2. The van der Waals surface area contributed by atoms with Gasteiger partial charge in [0.2, 0.25) is 5.91 Å². The smallest absolute Gasteiger partial charge is 0.225 e. The van der Waals surface area contributed by atoms with Crippen LogP contribution in [0.3, 0.4) is 0 Å². The number of aliphatic hydroxyl groups is 1. The van der Waals surface area contributed by atoms with E-state index in [2.05, 4.69) is 6.92 Å². The molecule has 0 aromatic carbocycles. The Bertz CT molecular complexity index is 272. The molecule has 18 heavy (non-hydrogen) atoms. The van der Waals surface area contributed by atoms with Crippen molar-refractivity contribution in [3.63, 3.8) is 0 Å². The summed E-state index contributed by atoms with van der Waals surface area (Å²) in [6.45, 7) is 3.57. The summed E-state index contributed by atoms with van der Waals surface area (Å²) in [6.07, 6.45) is 9.04. The number of unbranched alkanes of at least 4 members (excludes halogenated alkanes) is 1. The van der Waals surface area contributed by atoms with Gasteiger partial charge in [-0.25, -0.2) is 0 Å². The van der Waals surface area contributed by atoms with Crippen molar-refractivity contribution >= 4 is 5.91 Å². The Labute approximate surface area is 111 Å². The molecule has 104 valence electrons. The van der Waals surface area contributed by atoms with Gasteiger partial charge in [-0.3, -0.25) is 4.79 Å². The second-order valence-corrected chi connectivity index (χ2v) is 6.09. The number of amides is 1. The number of carbonyl (C=O) groups is 1.